The average Bonchev–Trinajstić information content (AvgIpc) is 2.88. The molecule has 0 spiro atoms. The fraction of sp³-hybridized carbons (Fsp3) is 0.538. The Morgan fingerprint density at radius 2 is 1.76 bits per heavy atom. The second-order valence-corrected chi connectivity index (χ2v) is 11.2. The van der Waals surface area contributed by atoms with Gasteiger partial charge in [-0.15, -0.1) is 0 Å². The van der Waals surface area contributed by atoms with Crippen LogP contribution in [-0.4, -0.2) is 49.8 Å². The van der Waals surface area contributed by atoms with E-state index in [9.17, 15) is 13.2 Å². The van der Waals surface area contributed by atoms with E-state index in [1.165, 1.54) is 21.9 Å². The lowest BCUT2D eigenvalue weighted by atomic mass is 9.92. The van der Waals surface area contributed by atoms with Crippen LogP contribution in [0.2, 0.25) is 0 Å². The van der Waals surface area contributed by atoms with E-state index in [1.807, 2.05) is 30.5 Å². The third kappa shape index (κ3) is 5.44. The number of benzene rings is 1. The zero-order chi connectivity index (χ0) is 24.1. The lowest BCUT2D eigenvalue weighted by Crippen LogP contribution is -2.42. The highest BCUT2D eigenvalue weighted by Crippen LogP contribution is 2.28. The van der Waals surface area contributed by atoms with Crippen LogP contribution in [0.15, 0.2) is 41.4 Å². The van der Waals surface area contributed by atoms with Crippen LogP contribution in [-0.2, 0) is 34.2 Å². The molecule has 1 fully saturated rings. The van der Waals surface area contributed by atoms with Crippen LogP contribution in [0.25, 0.3) is 0 Å². The Kier molecular flexibility index (Phi) is 7.88. The Bertz CT molecular complexity index is 1090. The third-order valence-corrected chi connectivity index (χ3v) is 9.04. The van der Waals surface area contributed by atoms with Crippen LogP contribution in [0.1, 0.15) is 56.2 Å². The smallest absolute Gasteiger partial charge is 0.243 e. The molecule has 0 bridgehead atoms. The Morgan fingerprint density at radius 1 is 1.06 bits per heavy atom. The molecular formula is C26H36N4O3S. The van der Waals surface area contributed by atoms with E-state index >= 15 is 0 Å². The lowest BCUT2D eigenvalue weighted by Gasteiger charge is -2.31. The van der Waals surface area contributed by atoms with Gasteiger partial charge in [0.2, 0.25) is 15.9 Å². The summed E-state index contributed by atoms with van der Waals surface area (Å²) in [5.74, 6) is 0.754. The maximum Gasteiger partial charge on any atom is 0.243 e. The van der Waals surface area contributed by atoms with Gasteiger partial charge in [-0.3, -0.25) is 4.79 Å². The zero-order valence-electron chi connectivity index (χ0n) is 20.3. The van der Waals surface area contributed by atoms with E-state index in [0.29, 0.717) is 37.4 Å². The number of piperidine rings is 1. The monoisotopic (exact) mass is 484 g/mol. The minimum Gasteiger partial charge on any atom is -0.357 e. The van der Waals surface area contributed by atoms with Gasteiger partial charge in [0.05, 0.1) is 4.90 Å². The van der Waals surface area contributed by atoms with E-state index < -0.39 is 10.0 Å². The lowest BCUT2D eigenvalue weighted by molar-refractivity contribution is -0.126. The number of nitrogens with zero attached hydrogens (tertiary/aromatic N) is 3. The molecular weight excluding hydrogens is 448 g/mol. The SMILES string of the molecule is CCN(CC)c1ccc(CNC(=O)C2CCN(S(=O)(=O)c3ccc4c(c3)CCCC4)CC2)cn1. The fourth-order valence-electron chi connectivity index (χ4n) is 4.97. The number of aryl methyl sites for hydroxylation is 2. The molecule has 1 amide bonds. The summed E-state index contributed by atoms with van der Waals surface area (Å²) in [6.07, 6.45) is 7.16. The number of amides is 1. The highest BCUT2D eigenvalue weighted by molar-refractivity contribution is 7.89. The molecule has 1 N–H and O–H groups in total. The molecule has 4 rings (SSSR count). The first-order valence-electron chi connectivity index (χ1n) is 12.5. The predicted octanol–water partition coefficient (Wildman–Crippen LogP) is 3.52. The molecule has 0 saturated carbocycles. The van der Waals surface area contributed by atoms with Crippen LogP contribution in [0.3, 0.4) is 0 Å². The Balaban J connectivity index is 1.29. The molecule has 8 heteroatoms. The molecule has 0 atom stereocenters. The first-order valence-corrected chi connectivity index (χ1v) is 14.0. The number of fused-ring (bicyclic) bond motifs is 1. The fourth-order valence-corrected chi connectivity index (χ4v) is 6.49. The molecule has 2 aromatic rings. The van der Waals surface area contributed by atoms with Gasteiger partial charge in [-0.2, -0.15) is 4.31 Å². The maximum atomic E-state index is 13.2. The van der Waals surface area contributed by atoms with Crippen molar-refractivity contribution in [1.29, 1.82) is 0 Å². The molecule has 1 saturated heterocycles. The molecule has 2 heterocycles. The number of hydrogen-bond acceptors (Lipinski definition) is 5. The highest BCUT2D eigenvalue weighted by Gasteiger charge is 2.32. The standard InChI is InChI=1S/C26H36N4O3S/c1-3-29(4-2)25-12-9-20(18-27-25)19-28-26(31)22-13-15-30(16-14-22)34(32,33)24-11-10-21-7-5-6-8-23(21)17-24/h9-12,17-18,22H,3-8,13-16,19H2,1-2H3,(H,28,31). The molecule has 1 aliphatic carbocycles. The second kappa shape index (κ2) is 10.9. The van der Waals surface area contributed by atoms with Crippen molar-refractivity contribution in [3.63, 3.8) is 0 Å². The quantitative estimate of drug-likeness (QED) is 0.620. The van der Waals surface area contributed by atoms with Crippen LogP contribution in [0.5, 0.6) is 0 Å². The van der Waals surface area contributed by atoms with Gasteiger partial charge in [-0.05, 0) is 87.3 Å². The minimum atomic E-state index is -3.53. The van der Waals surface area contributed by atoms with Gasteiger partial charge in [0.15, 0.2) is 0 Å². The molecule has 7 nitrogen and oxygen atoms in total. The topological polar surface area (TPSA) is 82.6 Å². The minimum absolute atomic E-state index is 0.0151. The molecule has 2 aliphatic rings. The first kappa shape index (κ1) is 24.7. The van der Waals surface area contributed by atoms with Gasteiger partial charge < -0.3 is 10.2 Å². The van der Waals surface area contributed by atoms with Crippen LogP contribution in [0, 0.1) is 5.92 Å². The van der Waals surface area contributed by atoms with Crippen molar-refractivity contribution < 1.29 is 13.2 Å². The third-order valence-electron chi connectivity index (χ3n) is 7.15. The summed E-state index contributed by atoms with van der Waals surface area (Å²) in [5, 5.41) is 3.00. The highest BCUT2D eigenvalue weighted by atomic mass is 32.2. The molecule has 1 aliphatic heterocycles. The van der Waals surface area contributed by atoms with Crippen LogP contribution < -0.4 is 10.2 Å². The molecule has 184 valence electrons. The van der Waals surface area contributed by atoms with Crippen molar-refractivity contribution in [3.05, 3.63) is 53.2 Å². The number of anilines is 1. The van der Waals surface area contributed by atoms with E-state index in [0.717, 1.165) is 43.7 Å². The number of aromatic nitrogens is 1. The first-order chi connectivity index (χ1) is 16.4. The summed E-state index contributed by atoms with van der Waals surface area (Å²) < 4.78 is 27.9. The van der Waals surface area contributed by atoms with Crippen molar-refractivity contribution in [2.24, 2.45) is 5.92 Å². The van der Waals surface area contributed by atoms with Crippen molar-refractivity contribution in [3.8, 4) is 0 Å². The summed E-state index contributed by atoms with van der Waals surface area (Å²) in [6.45, 7) is 7.18. The van der Waals surface area contributed by atoms with Crippen LogP contribution in [0.4, 0.5) is 5.82 Å². The summed E-state index contributed by atoms with van der Waals surface area (Å²) in [4.78, 5) is 19.8. The zero-order valence-corrected chi connectivity index (χ0v) is 21.1. The van der Waals surface area contributed by atoms with E-state index in [1.54, 1.807) is 6.07 Å². The molecule has 0 radical (unpaired) electrons. The number of sulfonamides is 1. The summed E-state index contributed by atoms with van der Waals surface area (Å²) in [6, 6.07) is 9.57. The van der Waals surface area contributed by atoms with E-state index in [2.05, 4.69) is 29.0 Å². The molecule has 0 unspecified atom stereocenters. The molecule has 34 heavy (non-hydrogen) atoms. The maximum absolute atomic E-state index is 13.2. The summed E-state index contributed by atoms with van der Waals surface area (Å²) in [7, 11) is -3.53. The van der Waals surface area contributed by atoms with Gasteiger partial charge >= 0.3 is 0 Å². The van der Waals surface area contributed by atoms with Gasteiger partial charge in [-0.1, -0.05) is 12.1 Å². The van der Waals surface area contributed by atoms with Gasteiger partial charge in [0, 0.05) is 44.8 Å². The number of pyridine rings is 1. The Morgan fingerprint density at radius 3 is 2.41 bits per heavy atom. The molecule has 1 aromatic carbocycles. The van der Waals surface area contributed by atoms with Crippen molar-refractivity contribution >= 4 is 21.7 Å². The largest absolute Gasteiger partial charge is 0.357 e. The van der Waals surface area contributed by atoms with Gasteiger partial charge in [0.25, 0.3) is 0 Å². The summed E-state index contributed by atoms with van der Waals surface area (Å²) >= 11 is 0. The Labute approximate surface area is 203 Å². The second-order valence-electron chi connectivity index (χ2n) is 9.23. The van der Waals surface area contributed by atoms with E-state index in [4.69, 9.17) is 0 Å². The van der Waals surface area contributed by atoms with Gasteiger partial charge in [-0.25, -0.2) is 13.4 Å². The predicted molar refractivity (Wildman–Crippen MR) is 134 cm³/mol. The van der Waals surface area contributed by atoms with E-state index in [-0.39, 0.29) is 11.8 Å². The van der Waals surface area contributed by atoms with Crippen molar-refractivity contribution in [2.75, 3.05) is 31.1 Å². The summed E-state index contributed by atoms with van der Waals surface area (Å²) in [5.41, 5.74) is 3.40. The normalized spacial score (nSPS) is 17.2. The van der Waals surface area contributed by atoms with Gasteiger partial charge in [0.1, 0.15) is 5.82 Å². The number of nitrogens with one attached hydrogen (secondary N) is 1. The van der Waals surface area contributed by atoms with Crippen molar-refractivity contribution in [2.45, 2.75) is 63.8 Å². The number of carbonyl (C=O) groups excluding carboxylic acids is 1. The van der Waals surface area contributed by atoms with Crippen molar-refractivity contribution in [1.82, 2.24) is 14.6 Å². The number of carbonyl (C=O) groups is 1. The number of hydrogen-bond donors (Lipinski definition) is 1. The average molecular weight is 485 g/mol. The van der Waals surface area contributed by atoms with Crippen LogP contribution >= 0.6 is 0 Å². The number of rotatable bonds is 8. The Hall–Kier alpha value is -2.45. The molecule has 1 aromatic heterocycles.